The molecule has 2 atom stereocenters. The van der Waals surface area contributed by atoms with Crippen molar-refractivity contribution in [3.63, 3.8) is 0 Å². The lowest BCUT2D eigenvalue weighted by molar-refractivity contribution is -0.125. The average molecular weight is 321 g/mol. The van der Waals surface area contributed by atoms with E-state index in [4.69, 9.17) is 9.47 Å². The predicted molar refractivity (Wildman–Crippen MR) is 86.6 cm³/mol. The quantitative estimate of drug-likeness (QED) is 0.819. The van der Waals surface area contributed by atoms with Gasteiger partial charge in [-0.15, -0.1) is 0 Å². The Kier molecular flexibility index (Phi) is 6.74. The molecule has 1 aliphatic rings. The summed E-state index contributed by atoms with van der Waals surface area (Å²) in [6, 6.07) is 5.81. The molecule has 0 aliphatic carbocycles. The van der Waals surface area contributed by atoms with E-state index < -0.39 is 0 Å². The number of benzene rings is 1. The van der Waals surface area contributed by atoms with Gasteiger partial charge in [-0.25, -0.2) is 4.39 Å². The number of ether oxygens (including phenoxy) is 2. The first-order chi connectivity index (χ1) is 11.0. The molecule has 0 radical (unpaired) electrons. The SMILES string of the molecule is CC(C)=CCO[C@@H]1CCOC[C@@H]1NC(=O)Cc1ccc(F)cc1. The molecule has 5 heteroatoms. The Hall–Kier alpha value is -1.72. The zero-order valence-corrected chi connectivity index (χ0v) is 13.7. The molecule has 1 heterocycles. The predicted octanol–water partition coefficient (Wildman–Crippen LogP) is 2.62. The summed E-state index contributed by atoms with van der Waals surface area (Å²) >= 11 is 0. The van der Waals surface area contributed by atoms with Crippen molar-refractivity contribution >= 4 is 5.91 Å². The smallest absolute Gasteiger partial charge is 0.224 e. The molecular formula is C18H24FNO3. The first kappa shape index (κ1) is 17.6. The van der Waals surface area contributed by atoms with Crippen LogP contribution in [0.1, 0.15) is 25.8 Å². The summed E-state index contributed by atoms with van der Waals surface area (Å²) in [6.45, 7) is 5.68. The molecule has 1 fully saturated rings. The van der Waals surface area contributed by atoms with Crippen molar-refractivity contribution in [1.82, 2.24) is 5.32 Å². The maximum atomic E-state index is 12.9. The molecule has 1 aromatic carbocycles. The van der Waals surface area contributed by atoms with Gasteiger partial charge in [0.25, 0.3) is 0 Å². The molecule has 1 aliphatic heterocycles. The van der Waals surface area contributed by atoms with Gasteiger partial charge in [-0.05, 0) is 38.0 Å². The Morgan fingerprint density at radius 2 is 2.13 bits per heavy atom. The fraction of sp³-hybridized carbons (Fsp3) is 0.500. The summed E-state index contributed by atoms with van der Waals surface area (Å²) < 4.78 is 24.2. The lowest BCUT2D eigenvalue weighted by atomic mass is 10.1. The highest BCUT2D eigenvalue weighted by atomic mass is 19.1. The van der Waals surface area contributed by atoms with Crippen molar-refractivity contribution in [2.24, 2.45) is 0 Å². The third-order valence-corrected chi connectivity index (χ3v) is 3.72. The van der Waals surface area contributed by atoms with Gasteiger partial charge in [-0.1, -0.05) is 23.8 Å². The lowest BCUT2D eigenvalue weighted by Crippen LogP contribution is -2.51. The molecule has 2 rings (SSSR count). The summed E-state index contributed by atoms with van der Waals surface area (Å²) in [6.07, 6.45) is 2.96. The van der Waals surface area contributed by atoms with Crippen molar-refractivity contribution in [2.45, 2.75) is 38.8 Å². The van der Waals surface area contributed by atoms with Crippen molar-refractivity contribution in [3.8, 4) is 0 Å². The van der Waals surface area contributed by atoms with E-state index in [1.165, 1.54) is 17.7 Å². The van der Waals surface area contributed by atoms with Crippen molar-refractivity contribution in [2.75, 3.05) is 19.8 Å². The third kappa shape index (κ3) is 6.12. The van der Waals surface area contributed by atoms with Crippen LogP contribution in [0.4, 0.5) is 4.39 Å². The highest BCUT2D eigenvalue weighted by Gasteiger charge is 2.27. The van der Waals surface area contributed by atoms with Crippen LogP contribution >= 0.6 is 0 Å². The Balaban J connectivity index is 1.86. The molecule has 0 bridgehead atoms. The monoisotopic (exact) mass is 321 g/mol. The van der Waals surface area contributed by atoms with Gasteiger partial charge in [0.1, 0.15) is 5.82 Å². The van der Waals surface area contributed by atoms with E-state index in [2.05, 4.69) is 5.32 Å². The number of allylic oxidation sites excluding steroid dienone is 1. The number of amides is 1. The highest BCUT2D eigenvalue weighted by molar-refractivity contribution is 5.78. The van der Waals surface area contributed by atoms with Gasteiger partial charge >= 0.3 is 0 Å². The normalized spacial score (nSPS) is 20.8. The minimum atomic E-state index is -0.303. The Labute approximate surface area is 136 Å². The number of hydrogen-bond donors (Lipinski definition) is 1. The first-order valence-corrected chi connectivity index (χ1v) is 7.91. The van der Waals surface area contributed by atoms with Gasteiger partial charge in [-0.3, -0.25) is 4.79 Å². The molecule has 1 saturated heterocycles. The zero-order valence-electron chi connectivity index (χ0n) is 13.7. The van der Waals surface area contributed by atoms with Crippen LogP contribution in [0, 0.1) is 5.82 Å². The van der Waals surface area contributed by atoms with E-state index in [0.29, 0.717) is 19.8 Å². The zero-order chi connectivity index (χ0) is 16.7. The van der Waals surface area contributed by atoms with Crippen LogP contribution in [0.15, 0.2) is 35.9 Å². The number of carbonyl (C=O) groups is 1. The summed E-state index contributed by atoms with van der Waals surface area (Å²) in [5.74, 6) is -0.412. The van der Waals surface area contributed by atoms with E-state index in [1.54, 1.807) is 12.1 Å². The van der Waals surface area contributed by atoms with Crippen LogP contribution < -0.4 is 5.32 Å². The molecule has 126 valence electrons. The summed E-state index contributed by atoms with van der Waals surface area (Å²) in [7, 11) is 0. The van der Waals surface area contributed by atoms with Crippen LogP contribution in [0.2, 0.25) is 0 Å². The van der Waals surface area contributed by atoms with Crippen LogP contribution in [0.5, 0.6) is 0 Å². The molecule has 1 N–H and O–H groups in total. The van der Waals surface area contributed by atoms with Crippen LogP contribution in [-0.4, -0.2) is 37.9 Å². The largest absolute Gasteiger partial charge is 0.379 e. The standard InChI is InChI=1S/C18H24FNO3/c1-13(2)7-10-23-17-8-9-22-12-16(17)20-18(21)11-14-3-5-15(19)6-4-14/h3-7,16-17H,8-12H2,1-2H3,(H,20,21)/t16-,17+/m0/s1. The van der Waals surface area contributed by atoms with Crippen LogP contribution in [0.3, 0.4) is 0 Å². The van der Waals surface area contributed by atoms with E-state index in [9.17, 15) is 9.18 Å². The van der Waals surface area contributed by atoms with E-state index in [-0.39, 0.29) is 30.3 Å². The summed E-state index contributed by atoms with van der Waals surface area (Å²) in [5.41, 5.74) is 1.98. The fourth-order valence-corrected chi connectivity index (χ4v) is 2.44. The van der Waals surface area contributed by atoms with Crippen molar-refractivity contribution in [1.29, 1.82) is 0 Å². The van der Waals surface area contributed by atoms with Gasteiger partial charge in [0, 0.05) is 6.61 Å². The topological polar surface area (TPSA) is 47.6 Å². The fourth-order valence-electron chi connectivity index (χ4n) is 2.44. The summed E-state index contributed by atoms with van der Waals surface area (Å²) in [5, 5.41) is 2.97. The number of rotatable bonds is 6. The average Bonchev–Trinajstić information content (AvgIpc) is 2.51. The number of halogens is 1. The van der Waals surface area contributed by atoms with E-state index in [0.717, 1.165) is 12.0 Å². The maximum absolute atomic E-state index is 12.9. The molecule has 1 aromatic rings. The molecule has 0 spiro atoms. The Bertz CT molecular complexity index is 538. The number of nitrogens with one attached hydrogen (secondary N) is 1. The lowest BCUT2D eigenvalue weighted by Gasteiger charge is -2.32. The highest BCUT2D eigenvalue weighted by Crippen LogP contribution is 2.13. The molecule has 0 aromatic heterocycles. The van der Waals surface area contributed by atoms with Crippen LogP contribution in [0.25, 0.3) is 0 Å². The van der Waals surface area contributed by atoms with Gasteiger partial charge in [0.2, 0.25) is 5.91 Å². The molecule has 4 nitrogen and oxygen atoms in total. The summed E-state index contributed by atoms with van der Waals surface area (Å²) in [4.78, 5) is 12.2. The van der Waals surface area contributed by atoms with Crippen LogP contribution in [-0.2, 0) is 20.7 Å². The minimum Gasteiger partial charge on any atom is -0.379 e. The van der Waals surface area contributed by atoms with Gasteiger partial charge in [-0.2, -0.15) is 0 Å². The molecule has 0 saturated carbocycles. The molecule has 23 heavy (non-hydrogen) atoms. The first-order valence-electron chi connectivity index (χ1n) is 7.91. The van der Waals surface area contributed by atoms with Gasteiger partial charge in [0.15, 0.2) is 0 Å². The van der Waals surface area contributed by atoms with Gasteiger partial charge in [0.05, 0.1) is 31.8 Å². The Morgan fingerprint density at radius 1 is 1.39 bits per heavy atom. The van der Waals surface area contributed by atoms with Crippen molar-refractivity contribution < 1.29 is 18.7 Å². The molecular weight excluding hydrogens is 297 g/mol. The second-order valence-corrected chi connectivity index (χ2v) is 5.99. The maximum Gasteiger partial charge on any atom is 0.224 e. The van der Waals surface area contributed by atoms with Crippen molar-refractivity contribution in [3.05, 3.63) is 47.3 Å². The second kappa shape index (κ2) is 8.79. The third-order valence-electron chi connectivity index (χ3n) is 3.72. The van der Waals surface area contributed by atoms with Gasteiger partial charge < -0.3 is 14.8 Å². The Morgan fingerprint density at radius 3 is 2.83 bits per heavy atom. The number of hydrogen-bond acceptors (Lipinski definition) is 3. The minimum absolute atomic E-state index is 0.0449. The molecule has 1 amide bonds. The molecule has 0 unspecified atom stereocenters. The van der Waals surface area contributed by atoms with E-state index in [1.807, 2.05) is 19.9 Å². The van der Waals surface area contributed by atoms with E-state index >= 15 is 0 Å². The second-order valence-electron chi connectivity index (χ2n) is 5.99. The number of carbonyl (C=O) groups excluding carboxylic acids is 1.